The van der Waals surface area contributed by atoms with Crippen molar-refractivity contribution in [1.82, 2.24) is 0 Å². The van der Waals surface area contributed by atoms with Gasteiger partial charge in [0.15, 0.2) is 0 Å². The topological polar surface area (TPSA) is 26.3 Å². The molecule has 0 aromatic carbocycles. The molecule has 0 aromatic rings. The van der Waals surface area contributed by atoms with Crippen molar-refractivity contribution in [3.63, 3.8) is 0 Å². The second-order valence-corrected chi connectivity index (χ2v) is 0.696. The van der Waals surface area contributed by atoms with Gasteiger partial charge in [0, 0.05) is 33.1 Å². The predicted octanol–water partition coefficient (Wildman–Crippen LogP) is 0.177. The van der Waals surface area contributed by atoms with E-state index < -0.39 is 0 Å². The fraction of sp³-hybridized carbons (Fsp3) is 0.667. The molecule has 3 heteroatoms. The summed E-state index contributed by atoms with van der Waals surface area (Å²) in [5.74, 6) is -0.245. The molecule has 0 aliphatic heterocycles. The molecule has 0 aliphatic rings. The molecule has 0 aromatic heterocycles. The Labute approximate surface area is 56.0 Å². The molecule has 0 aliphatic carbocycles. The SMILES string of the molecule is COC(C)=O.[Zr]. The molecule has 0 fully saturated rings. The summed E-state index contributed by atoms with van der Waals surface area (Å²) in [7, 11) is 1.35. The Morgan fingerprint density at radius 1 is 1.67 bits per heavy atom. The summed E-state index contributed by atoms with van der Waals surface area (Å²) in [6.45, 7) is 1.36. The van der Waals surface area contributed by atoms with Crippen LogP contribution in [0.25, 0.3) is 0 Å². The van der Waals surface area contributed by atoms with Crippen molar-refractivity contribution >= 4 is 5.97 Å². The number of carbonyl (C=O) groups is 1. The number of hydrogen-bond acceptors (Lipinski definition) is 2. The molecule has 0 spiro atoms. The molecule has 0 saturated heterocycles. The van der Waals surface area contributed by atoms with Crippen LogP contribution in [0.1, 0.15) is 6.92 Å². The van der Waals surface area contributed by atoms with Crippen LogP contribution in [0.5, 0.6) is 0 Å². The normalized spacial score (nSPS) is 5.67. The average molecular weight is 165 g/mol. The molecular formula is C3H6O2Zr. The van der Waals surface area contributed by atoms with Gasteiger partial charge in [0.1, 0.15) is 0 Å². The molecule has 0 bridgehead atoms. The van der Waals surface area contributed by atoms with Crippen LogP contribution in [0.2, 0.25) is 0 Å². The number of hydrogen-bond donors (Lipinski definition) is 0. The van der Waals surface area contributed by atoms with Gasteiger partial charge in [-0.2, -0.15) is 0 Å². The molecule has 0 rings (SSSR count). The largest absolute Gasteiger partial charge is 0.469 e. The second kappa shape index (κ2) is 5.35. The van der Waals surface area contributed by atoms with E-state index in [1.54, 1.807) is 0 Å². The molecular weight excluding hydrogens is 159 g/mol. The van der Waals surface area contributed by atoms with Gasteiger partial charge in [-0.05, 0) is 0 Å². The van der Waals surface area contributed by atoms with Gasteiger partial charge >= 0.3 is 5.97 Å². The van der Waals surface area contributed by atoms with Gasteiger partial charge in [-0.15, -0.1) is 0 Å². The van der Waals surface area contributed by atoms with Crippen LogP contribution >= 0.6 is 0 Å². The zero-order valence-corrected chi connectivity index (χ0v) is 6.27. The molecule has 2 nitrogen and oxygen atoms in total. The quantitative estimate of drug-likeness (QED) is 0.479. The van der Waals surface area contributed by atoms with E-state index in [9.17, 15) is 4.79 Å². The summed E-state index contributed by atoms with van der Waals surface area (Å²) >= 11 is 0. The standard InChI is InChI=1S/C3H6O2.Zr/c1-3(4)5-2;/h1-2H3;. The van der Waals surface area contributed by atoms with E-state index in [0.717, 1.165) is 0 Å². The van der Waals surface area contributed by atoms with Gasteiger partial charge in [0.2, 0.25) is 0 Å². The number of esters is 1. The number of methoxy groups -OCH3 is 1. The van der Waals surface area contributed by atoms with E-state index in [1.807, 2.05) is 0 Å². The maximum absolute atomic E-state index is 9.59. The van der Waals surface area contributed by atoms with Crippen molar-refractivity contribution in [2.75, 3.05) is 7.11 Å². The van der Waals surface area contributed by atoms with Gasteiger partial charge in [-0.1, -0.05) is 0 Å². The summed E-state index contributed by atoms with van der Waals surface area (Å²) in [6, 6.07) is 0. The Morgan fingerprint density at radius 3 is 1.83 bits per heavy atom. The maximum atomic E-state index is 9.59. The molecule has 34 valence electrons. The van der Waals surface area contributed by atoms with Crippen molar-refractivity contribution in [3.8, 4) is 0 Å². The number of ether oxygens (including phenoxy) is 1. The Hall–Kier alpha value is 0.353. The van der Waals surface area contributed by atoms with E-state index in [0.29, 0.717) is 0 Å². The number of carbonyl (C=O) groups excluding carboxylic acids is 1. The van der Waals surface area contributed by atoms with Crippen molar-refractivity contribution in [2.24, 2.45) is 0 Å². The van der Waals surface area contributed by atoms with Gasteiger partial charge in [0.05, 0.1) is 7.11 Å². The molecule has 0 saturated carbocycles. The van der Waals surface area contributed by atoms with Crippen LogP contribution in [0, 0.1) is 0 Å². The Kier molecular flexibility index (Phi) is 8.57. The first-order valence-corrected chi connectivity index (χ1v) is 1.32. The predicted molar refractivity (Wildman–Crippen MR) is 17.7 cm³/mol. The van der Waals surface area contributed by atoms with Crippen LogP contribution in [-0.4, -0.2) is 13.1 Å². The smallest absolute Gasteiger partial charge is 0.302 e. The Balaban J connectivity index is 0. The first-order chi connectivity index (χ1) is 2.27. The third-order valence-corrected chi connectivity index (χ3v) is 0.287. The van der Waals surface area contributed by atoms with E-state index in [1.165, 1.54) is 14.0 Å². The van der Waals surface area contributed by atoms with E-state index >= 15 is 0 Å². The van der Waals surface area contributed by atoms with E-state index in [2.05, 4.69) is 4.74 Å². The zero-order chi connectivity index (χ0) is 4.28. The van der Waals surface area contributed by atoms with Crippen molar-refractivity contribution < 1.29 is 35.7 Å². The fourth-order valence-corrected chi connectivity index (χ4v) is 0. The van der Waals surface area contributed by atoms with Gasteiger partial charge in [-0.3, -0.25) is 4.79 Å². The molecule has 0 unspecified atom stereocenters. The van der Waals surface area contributed by atoms with Crippen LogP contribution in [0.3, 0.4) is 0 Å². The minimum absolute atomic E-state index is 0. The van der Waals surface area contributed by atoms with Crippen LogP contribution in [-0.2, 0) is 35.7 Å². The molecule has 0 radical (unpaired) electrons. The summed E-state index contributed by atoms with van der Waals surface area (Å²) < 4.78 is 4.11. The minimum Gasteiger partial charge on any atom is -0.469 e. The molecule has 0 atom stereocenters. The van der Waals surface area contributed by atoms with Gasteiger partial charge in [-0.25, -0.2) is 0 Å². The fourth-order valence-electron chi connectivity index (χ4n) is 0. The average Bonchev–Trinajstić information content (AvgIpc) is 1.38. The monoisotopic (exact) mass is 164 g/mol. The van der Waals surface area contributed by atoms with Crippen molar-refractivity contribution in [1.29, 1.82) is 0 Å². The first kappa shape index (κ1) is 9.61. The molecule has 0 heterocycles. The first-order valence-electron chi connectivity index (χ1n) is 1.32. The minimum atomic E-state index is -0.245. The second-order valence-electron chi connectivity index (χ2n) is 0.696. The van der Waals surface area contributed by atoms with Crippen LogP contribution in [0.4, 0.5) is 0 Å². The summed E-state index contributed by atoms with van der Waals surface area (Å²) in [4.78, 5) is 9.59. The van der Waals surface area contributed by atoms with Crippen LogP contribution in [0.15, 0.2) is 0 Å². The third-order valence-electron chi connectivity index (χ3n) is 0.287. The van der Waals surface area contributed by atoms with Crippen LogP contribution < -0.4 is 0 Å². The van der Waals surface area contributed by atoms with Crippen molar-refractivity contribution in [3.05, 3.63) is 0 Å². The molecule has 0 N–H and O–H groups in total. The van der Waals surface area contributed by atoms with E-state index in [-0.39, 0.29) is 32.2 Å². The maximum Gasteiger partial charge on any atom is 0.302 e. The summed E-state index contributed by atoms with van der Waals surface area (Å²) in [5, 5.41) is 0. The molecule has 6 heavy (non-hydrogen) atoms. The van der Waals surface area contributed by atoms with Crippen molar-refractivity contribution in [2.45, 2.75) is 6.92 Å². The van der Waals surface area contributed by atoms with Gasteiger partial charge < -0.3 is 4.74 Å². The van der Waals surface area contributed by atoms with E-state index in [4.69, 9.17) is 0 Å². The Bertz CT molecular complexity index is 44.1. The number of rotatable bonds is 0. The Morgan fingerprint density at radius 2 is 1.83 bits per heavy atom. The third kappa shape index (κ3) is 8.84. The summed E-state index contributed by atoms with van der Waals surface area (Å²) in [5.41, 5.74) is 0. The van der Waals surface area contributed by atoms with Gasteiger partial charge in [0.25, 0.3) is 0 Å². The zero-order valence-electron chi connectivity index (χ0n) is 3.82. The summed E-state index contributed by atoms with van der Waals surface area (Å²) in [6.07, 6.45) is 0. The molecule has 0 amide bonds.